The summed E-state index contributed by atoms with van der Waals surface area (Å²) in [5, 5.41) is 4.89. The number of piperazine rings is 1. The van der Waals surface area contributed by atoms with Gasteiger partial charge >= 0.3 is 0 Å². The molecule has 1 aromatic carbocycles. The third-order valence-corrected chi connectivity index (χ3v) is 6.97. The lowest BCUT2D eigenvalue weighted by atomic mass is 10.1. The Morgan fingerprint density at radius 1 is 1.06 bits per heavy atom. The van der Waals surface area contributed by atoms with E-state index in [4.69, 9.17) is 8.94 Å². The highest BCUT2D eigenvalue weighted by atomic mass is 32.1. The number of carbonyl (C=O) groups excluding carboxylic acids is 1. The van der Waals surface area contributed by atoms with E-state index in [0.29, 0.717) is 36.3 Å². The van der Waals surface area contributed by atoms with Crippen molar-refractivity contribution in [3.8, 4) is 22.2 Å². The summed E-state index contributed by atoms with van der Waals surface area (Å²) in [6.07, 6.45) is 1.61. The molecule has 0 spiro atoms. The summed E-state index contributed by atoms with van der Waals surface area (Å²) in [5.41, 5.74) is 2.63. The van der Waals surface area contributed by atoms with Crippen molar-refractivity contribution in [2.45, 2.75) is 26.8 Å². The maximum Gasteiger partial charge on any atom is 0.273 e. The van der Waals surface area contributed by atoms with Gasteiger partial charge in [-0.15, -0.1) is 11.3 Å². The summed E-state index contributed by atoms with van der Waals surface area (Å²) < 4.78 is 11.0. The highest BCUT2D eigenvalue weighted by molar-refractivity contribution is 7.15. The van der Waals surface area contributed by atoms with Gasteiger partial charge in [0, 0.05) is 36.6 Å². The molecule has 4 heterocycles. The van der Waals surface area contributed by atoms with Crippen molar-refractivity contribution in [2.24, 2.45) is 0 Å². The van der Waals surface area contributed by atoms with Gasteiger partial charge in [-0.05, 0) is 32.9 Å². The minimum absolute atomic E-state index is 0.0273. The van der Waals surface area contributed by atoms with Gasteiger partial charge in [0.2, 0.25) is 11.7 Å². The van der Waals surface area contributed by atoms with Crippen molar-refractivity contribution in [1.29, 1.82) is 0 Å². The van der Waals surface area contributed by atoms with E-state index in [1.807, 2.05) is 55.1 Å². The lowest BCUT2D eigenvalue weighted by Crippen LogP contribution is -2.49. The van der Waals surface area contributed by atoms with Gasteiger partial charge in [-0.25, -0.2) is 4.98 Å². The zero-order valence-corrected chi connectivity index (χ0v) is 19.6. The second kappa shape index (κ2) is 8.92. The molecule has 8 nitrogen and oxygen atoms in total. The fraction of sp³-hybridized carbons (Fsp3) is 0.333. The maximum atomic E-state index is 13.1. The van der Waals surface area contributed by atoms with Crippen molar-refractivity contribution in [2.75, 3.05) is 26.2 Å². The maximum absolute atomic E-state index is 13.1. The van der Waals surface area contributed by atoms with E-state index in [2.05, 4.69) is 26.9 Å². The molecule has 1 fully saturated rings. The van der Waals surface area contributed by atoms with Gasteiger partial charge in [-0.1, -0.05) is 35.0 Å². The quantitative estimate of drug-likeness (QED) is 0.428. The smallest absolute Gasteiger partial charge is 0.273 e. The number of hydrogen-bond acceptors (Lipinski definition) is 8. The molecule has 0 radical (unpaired) electrons. The lowest BCUT2D eigenvalue weighted by molar-refractivity contribution is 0.0546. The monoisotopic (exact) mass is 463 g/mol. The first kappa shape index (κ1) is 21.5. The van der Waals surface area contributed by atoms with Crippen LogP contribution in [-0.4, -0.2) is 57.0 Å². The Hall–Kier alpha value is -3.30. The molecule has 0 N–H and O–H groups in total. The average molecular weight is 464 g/mol. The van der Waals surface area contributed by atoms with Crippen molar-refractivity contribution in [1.82, 2.24) is 24.9 Å². The Kier molecular flexibility index (Phi) is 5.82. The van der Waals surface area contributed by atoms with Crippen LogP contribution in [0.2, 0.25) is 0 Å². The first-order valence-electron chi connectivity index (χ1n) is 10.9. The van der Waals surface area contributed by atoms with Crippen LogP contribution < -0.4 is 0 Å². The molecular weight excluding hydrogens is 438 g/mol. The SMILES string of the molecule is Cc1ccc(-c2noc(C(C)N3CCN(C(=O)c4nc(-c5ccco5)sc4C)CC3)n2)cc1. The molecule has 9 heteroatoms. The van der Waals surface area contributed by atoms with Crippen molar-refractivity contribution >= 4 is 17.2 Å². The first-order valence-corrected chi connectivity index (χ1v) is 11.8. The molecule has 0 bridgehead atoms. The number of furan rings is 1. The summed E-state index contributed by atoms with van der Waals surface area (Å²) in [6.45, 7) is 8.73. The molecule has 0 aliphatic carbocycles. The molecule has 33 heavy (non-hydrogen) atoms. The summed E-state index contributed by atoms with van der Waals surface area (Å²) in [7, 11) is 0. The predicted octanol–water partition coefficient (Wildman–Crippen LogP) is 4.59. The van der Waals surface area contributed by atoms with Crippen LogP contribution in [-0.2, 0) is 0 Å². The summed E-state index contributed by atoms with van der Waals surface area (Å²) in [4.78, 5) is 27.3. The van der Waals surface area contributed by atoms with E-state index < -0.39 is 0 Å². The summed E-state index contributed by atoms with van der Waals surface area (Å²) >= 11 is 1.48. The molecule has 4 aromatic rings. The number of aromatic nitrogens is 3. The topological polar surface area (TPSA) is 88.5 Å². The standard InChI is InChI=1S/C24H25N5O3S/c1-15-6-8-18(9-7-15)21-26-22(32-27-21)16(2)28-10-12-29(13-11-28)24(30)20-17(3)33-23(25-20)19-5-4-14-31-19/h4-9,14,16H,10-13H2,1-3H3. The van der Waals surface area contributed by atoms with Crippen LogP contribution in [0.25, 0.3) is 22.2 Å². The van der Waals surface area contributed by atoms with Crippen molar-refractivity contribution in [3.05, 3.63) is 64.7 Å². The van der Waals surface area contributed by atoms with E-state index >= 15 is 0 Å². The van der Waals surface area contributed by atoms with Gasteiger partial charge in [-0.3, -0.25) is 9.69 Å². The second-order valence-electron chi connectivity index (χ2n) is 8.23. The fourth-order valence-electron chi connectivity index (χ4n) is 3.94. The minimum Gasteiger partial charge on any atom is -0.462 e. The van der Waals surface area contributed by atoms with Gasteiger partial charge < -0.3 is 13.8 Å². The third kappa shape index (κ3) is 4.34. The molecular formula is C24H25N5O3S. The van der Waals surface area contributed by atoms with Gasteiger partial charge in [0.1, 0.15) is 5.69 Å². The summed E-state index contributed by atoms with van der Waals surface area (Å²) in [5.74, 6) is 1.83. The Morgan fingerprint density at radius 2 is 1.82 bits per heavy atom. The van der Waals surface area contributed by atoms with Crippen LogP contribution in [0.15, 0.2) is 51.6 Å². The number of thiazole rings is 1. The normalized spacial score (nSPS) is 15.7. The number of hydrogen-bond donors (Lipinski definition) is 0. The van der Waals surface area contributed by atoms with E-state index in [1.165, 1.54) is 16.9 Å². The van der Waals surface area contributed by atoms with Crippen LogP contribution in [0, 0.1) is 13.8 Å². The Bertz CT molecular complexity index is 1240. The largest absolute Gasteiger partial charge is 0.462 e. The molecule has 1 atom stereocenters. The Morgan fingerprint density at radius 3 is 2.52 bits per heavy atom. The number of benzene rings is 1. The molecule has 170 valence electrons. The lowest BCUT2D eigenvalue weighted by Gasteiger charge is -2.36. The molecule has 1 saturated heterocycles. The molecule has 1 amide bonds. The predicted molar refractivity (Wildman–Crippen MR) is 125 cm³/mol. The molecule has 1 unspecified atom stereocenters. The van der Waals surface area contributed by atoms with Crippen LogP contribution >= 0.6 is 11.3 Å². The van der Waals surface area contributed by atoms with E-state index in [9.17, 15) is 4.79 Å². The second-order valence-corrected chi connectivity index (χ2v) is 9.43. The highest BCUT2D eigenvalue weighted by Crippen LogP contribution is 2.29. The van der Waals surface area contributed by atoms with E-state index in [1.54, 1.807) is 6.26 Å². The first-order chi connectivity index (χ1) is 16.0. The van der Waals surface area contributed by atoms with Crippen molar-refractivity contribution < 1.29 is 13.7 Å². The van der Waals surface area contributed by atoms with Crippen molar-refractivity contribution in [3.63, 3.8) is 0 Å². The molecule has 1 aliphatic rings. The molecule has 5 rings (SSSR count). The molecule has 0 saturated carbocycles. The van der Waals surface area contributed by atoms with Crippen LogP contribution in [0.4, 0.5) is 0 Å². The highest BCUT2D eigenvalue weighted by Gasteiger charge is 2.30. The van der Waals surface area contributed by atoms with Gasteiger partial charge in [0.05, 0.1) is 12.3 Å². The fourth-order valence-corrected chi connectivity index (χ4v) is 4.82. The molecule has 3 aromatic heterocycles. The number of carbonyl (C=O) groups is 1. The Balaban J connectivity index is 1.22. The molecule has 1 aliphatic heterocycles. The number of aryl methyl sites for hydroxylation is 2. The summed E-state index contributed by atoms with van der Waals surface area (Å²) in [6, 6.07) is 11.7. The zero-order chi connectivity index (χ0) is 22.9. The number of rotatable bonds is 5. The van der Waals surface area contributed by atoms with Crippen LogP contribution in [0.5, 0.6) is 0 Å². The van der Waals surface area contributed by atoms with Crippen LogP contribution in [0.3, 0.4) is 0 Å². The van der Waals surface area contributed by atoms with Gasteiger partial charge in [0.25, 0.3) is 5.91 Å². The number of nitrogens with zero attached hydrogens (tertiary/aromatic N) is 5. The van der Waals surface area contributed by atoms with Gasteiger partial charge in [0.15, 0.2) is 10.8 Å². The van der Waals surface area contributed by atoms with Crippen LogP contribution in [0.1, 0.15) is 39.8 Å². The average Bonchev–Trinajstić information content (AvgIpc) is 3.60. The third-order valence-electron chi connectivity index (χ3n) is 5.99. The minimum atomic E-state index is -0.0340. The van der Waals surface area contributed by atoms with E-state index in [-0.39, 0.29) is 11.9 Å². The van der Waals surface area contributed by atoms with Gasteiger partial charge in [-0.2, -0.15) is 4.98 Å². The Labute approximate surface area is 195 Å². The van der Waals surface area contributed by atoms with E-state index in [0.717, 1.165) is 28.5 Å². The number of amides is 1. The zero-order valence-electron chi connectivity index (χ0n) is 18.8.